The minimum atomic E-state index is 0.548. The van der Waals surface area contributed by atoms with E-state index in [1.54, 1.807) is 0 Å². The second-order valence-electron chi connectivity index (χ2n) is 6.63. The number of rotatable bonds is 7. The largest absolute Gasteiger partial charge is 0.489 e. The lowest BCUT2D eigenvalue weighted by Gasteiger charge is -2.11. The molecule has 0 bridgehead atoms. The van der Waals surface area contributed by atoms with Crippen molar-refractivity contribution in [1.82, 2.24) is 14.9 Å². The van der Waals surface area contributed by atoms with E-state index >= 15 is 0 Å². The quantitative estimate of drug-likeness (QED) is 0.603. The Balaban J connectivity index is 1.42. The molecule has 2 aromatic carbocycles. The zero-order chi connectivity index (χ0) is 18.5. The second kappa shape index (κ2) is 8.10. The van der Waals surface area contributed by atoms with Crippen molar-refractivity contribution >= 4 is 6.29 Å². The maximum atomic E-state index is 10.6. The molecule has 1 aliphatic heterocycles. The molecule has 2 heterocycles. The summed E-state index contributed by atoms with van der Waals surface area (Å²) in [6.45, 7) is 2.90. The molecule has 0 atom stereocenters. The predicted octanol–water partition coefficient (Wildman–Crippen LogP) is 3.63. The highest BCUT2D eigenvalue weighted by Gasteiger charge is 2.21. The van der Waals surface area contributed by atoms with Crippen molar-refractivity contribution in [2.45, 2.75) is 26.1 Å². The number of fused-ring (bicyclic) bond motifs is 1. The molecule has 0 unspecified atom stereocenters. The Hall–Kier alpha value is -3.05. The molecule has 4 rings (SSSR count). The highest BCUT2D eigenvalue weighted by molar-refractivity contribution is 5.56. The third kappa shape index (κ3) is 4.20. The Morgan fingerprint density at radius 2 is 1.85 bits per heavy atom. The molecule has 3 aromatic rings. The molecule has 0 N–H and O–H groups in total. The Kier molecular flexibility index (Phi) is 5.21. The van der Waals surface area contributed by atoms with Crippen LogP contribution in [0.1, 0.15) is 23.2 Å². The van der Waals surface area contributed by atoms with E-state index in [1.165, 1.54) is 0 Å². The van der Waals surface area contributed by atoms with Crippen LogP contribution in [0.5, 0.6) is 5.75 Å². The van der Waals surface area contributed by atoms with Crippen LogP contribution in [-0.4, -0.2) is 27.7 Å². The number of aromatic nitrogens is 2. The summed E-state index contributed by atoms with van der Waals surface area (Å²) in [6, 6.07) is 18.0. The van der Waals surface area contributed by atoms with Gasteiger partial charge in [-0.2, -0.15) is 0 Å². The Morgan fingerprint density at radius 3 is 2.63 bits per heavy atom. The van der Waals surface area contributed by atoms with Crippen LogP contribution in [0.3, 0.4) is 0 Å². The fourth-order valence-corrected chi connectivity index (χ4v) is 3.19. The van der Waals surface area contributed by atoms with Crippen molar-refractivity contribution in [3.8, 4) is 17.1 Å². The molecule has 0 saturated heterocycles. The van der Waals surface area contributed by atoms with Gasteiger partial charge in [0.1, 0.15) is 18.6 Å². The number of aldehydes is 1. The summed E-state index contributed by atoms with van der Waals surface area (Å²) < 4.78 is 5.83. The van der Waals surface area contributed by atoms with Crippen LogP contribution < -0.4 is 4.74 Å². The normalized spacial score (nSPS) is 13.3. The van der Waals surface area contributed by atoms with E-state index in [1.807, 2.05) is 60.8 Å². The first kappa shape index (κ1) is 17.4. The number of hydrogen-bond acceptors (Lipinski definition) is 5. The monoisotopic (exact) mass is 359 g/mol. The summed E-state index contributed by atoms with van der Waals surface area (Å²) in [5.74, 6) is 1.55. The topological polar surface area (TPSA) is 55.3 Å². The minimum Gasteiger partial charge on any atom is -0.489 e. The smallest absolute Gasteiger partial charge is 0.159 e. The fourth-order valence-electron chi connectivity index (χ4n) is 3.19. The van der Waals surface area contributed by atoms with Crippen molar-refractivity contribution < 1.29 is 9.53 Å². The first-order valence-electron chi connectivity index (χ1n) is 9.10. The number of carbonyl (C=O) groups excluding carboxylic acids is 1. The summed E-state index contributed by atoms with van der Waals surface area (Å²) in [6.07, 6.45) is 3.42. The van der Waals surface area contributed by atoms with Gasteiger partial charge in [0.15, 0.2) is 5.82 Å². The van der Waals surface area contributed by atoms with E-state index < -0.39 is 0 Å². The molecule has 27 heavy (non-hydrogen) atoms. The highest BCUT2D eigenvalue weighted by atomic mass is 16.5. The van der Waals surface area contributed by atoms with Crippen LogP contribution in [0.2, 0.25) is 0 Å². The average Bonchev–Trinajstić information content (AvgIpc) is 3.14. The summed E-state index contributed by atoms with van der Waals surface area (Å²) >= 11 is 0. The van der Waals surface area contributed by atoms with Crippen molar-refractivity contribution in [3.05, 3.63) is 77.6 Å². The van der Waals surface area contributed by atoms with Crippen LogP contribution in [0, 0.1) is 0 Å². The maximum Gasteiger partial charge on any atom is 0.159 e. The van der Waals surface area contributed by atoms with Gasteiger partial charge in [-0.05, 0) is 29.8 Å². The molecule has 0 radical (unpaired) electrons. The molecule has 0 aliphatic carbocycles. The second-order valence-corrected chi connectivity index (χ2v) is 6.63. The third-order valence-electron chi connectivity index (χ3n) is 4.65. The van der Waals surface area contributed by atoms with Gasteiger partial charge in [0.05, 0.1) is 5.69 Å². The summed E-state index contributed by atoms with van der Waals surface area (Å²) in [5, 5.41) is 0. The van der Waals surface area contributed by atoms with Crippen LogP contribution in [-0.2, 0) is 24.5 Å². The number of ether oxygens (including phenoxy) is 1. The average molecular weight is 359 g/mol. The lowest BCUT2D eigenvalue weighted by atomic mass is 10.2. The Morgan fingerprint density at radius 1 is 1.04 bits per heavy atom. The van der Waals surface area contributed by atoms with E-state index in [4.69, 9.17) is 9.72 Å². The third-order valence-corrected chi connectivity index (χ3v) is 4.65. The van der Waals surface area contributed by atoms with Gasteiger partial charge in [-0.15, -0.1) is 0 Å². The van der Waals surface area contributed by atoms with Crippen molar-refractivity contribution in [2.24, 2.45) is 0 Å². The van der Waals surface area contributed by atoms with Crippen LogP contribution in [0.25, 0.3) is 11.4 Å². The van der Waals surface area contributed by atoms with Gasteiger partial charge in [-0.1, -0.05) is 30.3 Å². The van der Waals surface area contributed by atoms with Gasteiger partial charge in [0.2, 0.25) is 0 Å². The van der Waals surface area contributed by atoms with Crippen LogP contribution in [0.4, 0.5) is 0 Å². The van der Waals surface area contributed by atoms with E-state index in [0.717, 1.165) is 59.9 Å². The SMILES string of the molecule is O=CCCN1Cc2cnc(-c3ccc(OCc4ccccc4)cc3)nc2C1. The van der Waals surface area contributed by atoms with Gasteiger partial charge in [-0.3, -0.25) is 4.90 Å². The molecule has 0 fully saturated rings. The minimum absolute atomic E-state index is 0.548. The van der Waals surface area contributed by atoms with Gasteiger partial charge in [-0.25, -0.2) is 9.97 Å². The molecule has 0 amide bonds. The van der Waals surface area contributed by atoms with Gasteiger partial charge in [0.25, 0.3) is 0 Å². The van der Waals surface area contributed by atoms with E-state index in [2.05, 4.69) is 9.88 Å². The summed E-state index contributed by atoms with van der Waals surface area (Å²) in [7, 11) is 0. The summed E-state index contributed by atoms with van der Waals surface area (Å²) in [5.41, 5.74) is 4.31. The van der Waals surface area contributed by atoms with Crippen molar-refractivity contribution in [3.63, 3.8) is 0 Å². The van der Waals surface area contributed by atoms with Gasteiger partial charge in [0, 0.05) is 43.4 Å². The standard InChI is InChI=1S/C22H21N3O2/c26-12-4-11-25-14-19-13-23-22(24-21(19)15-25)18-7-9-20(10-8-18)27-16-17-5-2-1-3-6-17/h1-3,5-10,12-13H,4,11,14-16H2. The lowest BCUT2D eigenvalue weighted by molar-refractivity contribution is -0.108. The number of carbonyl (C=O) groups is 1. The zero-order valence-corrected chi connectivity index (χ0v) is 15.0. The molecule has 5 nitrogen and oxygen atoms in total. The van der Waals surface area contributed by atoms with E-state index in [-0.39, 0.29) is 0 Å². The predicted molar refractivity (Wildman–Crippen MR) is 103 cm³/mol. The Bertz CT molecular complexity index is 911. The van der Waals surface area contributed by atoms with Gasteiger partial charge >= 0.3 is 0 Å². The lowest BCUT2D eigenvalue weighted by Crippen LogP contribution is -2.17. The van der Waals surface area contributed by atoms with Crippen LogP contribution >= 0.6 is 0 Å². The van der Waals surface area contributed by atoms with Crippen LogP contribution in [0.15, 0.2) is 60.8 Å². The first-order valence-corrected chi connectivity index (χ1v) is 9.10. The highest BCUT2D eigenvalue weighted by Crippen LogP contribution is 2.25. The van der Waals surface area contributed by atoms with E-state index in [9.17, 15) is 4.79 Å². The molecule has 5 heteroatoms. The number of nitrogens with zero attached hydrogens (tertiary/aromatic N) is 3. The molecule has 0 spiro atoms. The molecule has 0 saturated carbocycles. The molecule has 1 aliphatic rings. The fraction of sp³-hybridized carbons (Fsp3) is 0.227. The molecular formula is C22H21N3O2. The first-order chi connectivity index (χ1) is 13.3. The molecular weight excluding hydrogens is 338 g/mol. The van der Waals surface area contributed by atoms with Crippen molar-refractivity contribution in [2.75, 3.05) is 6.54 Å². The summed E-state index contributed by atoms with van der Waals surface area (Å²) in [4.78, 5) is 22.0. The molecule has 1 aromatic heterocycles. The number of benzene rings is 2. The Labute approximate surface area is 158 Å². The van der Waals surface area contributed by atoms with Crippen molar-refractivity contribution in [1.29, 1.82) is 0 Å². The maximum absolute atomic E-state index is 10.6. The zero-order valence-electron chi connectivity index (χ0n) is 15.0. The van der Waals surface area contributed by atoms with E-state index in [0.29, 0.717) is 13.0 Å². The molecule has 136 valence electrons. The number of hydrogen-bond donors (Lipinski definition) is 0. The van der Waals surface area contributed by atoms with Gasteiger partial charge < -0.3 is 9.53 Å².